The zero-order valence-electron chi connectivity index (χ0n) is 12.4. The third kappa shape index (κ3) is 2.66. The number of hydrogen-bond acceptors (Lipinski definition) is 3. The highest BCUT2D eigenvalue weighted by Gasteiger charge is 2.21. The van der Waals surface area contributed by atoms with E-state index in [0.717, 1.165) is 36.0 Å². The molecular weight excluding hydrogens is 268 g/mol. The van der Waals surface area contributed by atoms with Crippen molar-refractivity contribution in [2.24, 2.45) is 0 Å². The van der Waals surface area contributed by atoms with Gasteiger partial charge in [0.05, 0.1) is 5.69 Å². The van der Waals surface area contributed by atoms with Crippen molar-refractivity contribution in [3.8, 4) is 0 Å². The number of benzene rings is 1. The quantitative estimate of drug-likeness (QED) is 0.902. The molecule has 3 nitrogen and oxygen atoms in total. The standard InChI is InChI=1S/C16H22N2OS/c1-4-6-10-18(5-2)16(19)15-13(17)12-9-7-8-11(3)14(12)20-15/h7-9H,4-6,10,17H2,1-3H3. The molecule has 0 aliphatic heterocycles. The Balaban J connectivity index is 2.39. The molecular formula is C16H22N2OS. The number of anilines is 1. The molecule has 1 aromatic carbocycles. The molecule has 0 spiro atoms. The van der Waals surface area contributed by atoms with Crippen LogP contribution in [0, 0.1) is 6.92 Å². The maximum Gasteiger partial charge on any atom is 0.266 e. The summed E-state index contributed by atoms with van der Waals surface area (Å²) in [4.78, 5) is 15.2. The smallest absolute Gasteiger partial charge is 0.266 e. The van der Waals surface area contributed by atoms with Crippen molar-refractivity contribution >= 4 is 33.0 Å². The monoisotopic (exact) mass is 290 g/mol. The molecule has 1 amide bonds. The van der Waals surface area contributed by atoms with Crippen molar-refractivity contribution in [1.82, 2.24) is 4.90 Å². The summed E-state index contributed by atoms with van der Waals surface area (Å²) < 4.78 is 1.12. The number of unbranched alkanes of at least 4 members (excludes halogenated alkanes) is 1. The lowest BCUT2D eigenvalue weighted by atomic mass is 10.1. The highest BCUT2D eigenvalue weighted by atomic mass is 32.1. The fourth-order valence-corrected chi connectivity index (χ4v) is 3.49. The Hall–Kier alpha value is -1.55. The van der Waals surface area contributed by atoms with Gasteiger partial charge in [-0.3, -0.25) is 4.79 Å². The van der Waals surface area contributed by atoms with E-state index in [1.54, 1.807) is 0 Å². The molecule has 0 atom stereocenters. The van der Waals surface area contributed by atoms with Crippen molar-refractivity contribution in [3.05, 3.63) is 28.6 Å². The van der Waals surface area contributed by atoms with E-state index in [2.05, 4.69) is 19.9 Å². The first-order chi connectivity index (χ1) is 9.60. The van der Waals surface area contributed by atoms with Gasteiger partial charge in [-0.05, 0) is 25.8 Å². The second-order valence-corrected chi connectivity index (χ2v) is 6.06. The van der Waals surface area contributed by atoms with Crippen LogP contribution in [0.25, 0.3) is 10.1 Å². The number of aryl methyl sites for hydroxylation is 1. The Morgan fingerprint density at radius 1 is 1.35 bits per heavy atom. The van der Waals surface area contributed by atoms with E-state index in [-0.39, 0.29) is 5.91 Å². The van der Waals surface area contributed by atoms with Crippen LogP contribution in [0.3, 0.4) is 0 Å². The lowest BCUT2D eigenvalue weighted by Gasteiger charge is -2.20. The first-order valence-electron chi connectivity index (χ1n) is 7.17. The lowest BCUT2D eigenvalue weighted by Crippen LogP contribution is -2.31. The number of nitrogen functional groups attached to an aromatic ring is 1. The van der Waals surface area contributed by atoms with Gasteiger partial charge in [-0.15, -0.1) is 11.3 Å². The van der Waals surface area contributed by atoms with Crippen LogP contribution in [0.2, 0.25) is 0 Å². The summed E-state index contributed by atoms with van der Waals surface area (Å²) in [5.41, 5.74) is 8.00. The number of rotatable bonds is 5. The molecule has 2 rings (SSSR count). The molecule has 0 fully saturated rings. The average Bonchev–Trinajstić information content (AvgIpc) is 2.78. The average molecular weight is 290 g/mol. The van der Waals surface area contributed by atoms with Crippen LogP contribution in [0.5, 0.6) is 0 Å². The van der Waals surface area contributed by atoms with Crippen LogP contribution in [0.4, 0.5) is 5.69 Å². The summed E-state index contributed by atoms with van der Waals surface area (Å²) in [7, 11) is 0. The fourth-order valence-electron chi connectivity index (χ4n) is 2.33. The van der Waals surface area contributed by atoms with Crippen LogP contribution in [0.15, 0.2) is 18.2 Å². The summed E-state index contributed by atoms with van der Waals surface area (Å²) in [6.45, 7) is 7.74. The van der Waals surface area contributed by atoms with Crippen LogP contribution < -0.4 is 5.73 Å². The molecule has 2 aromatic rings. The maximum absolute atomic E-state index is 12.6. The third-order valence-corrected chi connectivity index (χ3v) is 4.94. The Bertz CT molecular complexity index is 618. The van der Waals surface area contributed by atoms with Crippen LogP contribution >= 0.6 is 11.3 Å². The molecule has 20 heavy (non-hydrogen) atoms. The molecule has 4 heteroatoms. The first kappa shape index (κ1) is 14.9. The largest absolute Gasteiger partial charge is 0.397 e. The Kier molecular flexibility index (Phi) is 4.65. The van der Waals surface area contributed by atoms with Gasteiger partial charge in [-0.1, -0.05) is 31.5 Å². The molecule has 0 aliphatic rings. The van der Waals surface area contributed by atoms with Gasteiger partial charge < -0.3 is 10.6 Å². The number of carbonyl (C=O) groups excluding carboxylic acids is 1. The van der Waals surface area contributed by atoms with E-state index < -0.39 is 0 Å². The highest BCUT2D eigenvalue weighted by Crippen LogP contribution is 2.36. The number of amides is 1. The number of thiophene rings is 1. The van der Waals surface area contributed by atoms with E-state index in [9.17, 15) is 4.79 Å². The summed E-state index contributed by atoms with van der Waals surface area (Å²) in [6, 6.07) is 6.04. The number of nitrogens with two attached hydrogens (primary N) is 1. The minimum Gasteiger partial charge on any atom is -0.397 e. The molecule has 1 heterocycles. The fraction of sp³-hybridized carbons (Fsp3) is 0.438. The van der Waals surface area contributed by atoms with E-state index in [1.165, 1.54) is 16.9 Å². The third-order valence-electron chi connectivity index (χ3n) is 3.60. The molecule has 0 saturated heterocycles. The van der Waals surface area contributed by atoms with Crippen LogP contribution in [-0.4, -0.2) is 23.9 Å². The van der Waals surface area contributed by atoms with Crippen LogP contribution in [0.1, 0.15) is 41.9 Å². The number of nitrogens with zero attached hydrogens (tertiary/aromatic N) is 1. The van der Waals surface area contributed by atoms with Crippen LogP contribution in [-0.2, 0) is 0 Å². The van der Waals surface area contributed by atoms with Crippen molar-refractivity contribution in [2.75, 3.05) is 18.8 Å². The predicted molar refractivity (Wildman–Crippen MR) is 87.5 cm³/mol. The second kappa shape index (κ2) is 6.27. The summed E-state index contributed by atoms with van der Waals surface area (Å²) in [5, 5.41) is 1.00. The number of hydrogen-bond donors (Lipinski definition) is 1. The van der Waals surface area contributed by atoms with Crippen molar-refractivity contribution in [1.29, 1.82) is 0 Å². The molecule has 0 saturated carbocycles. The first-order valence-corrected chi connectivity index (χ1v) is 7.98. The lowest BCUT2D eigenvalue weighted by molar-refractivity contribution is 0.0768. The van der Waals surface area contributed by atoms with E-state index in [1.807, 2.05) is 24.0 Å². The minimum atomic E-state index is 0.0686. The molecule has 0 radical (unpaired) electrons. The van der Waals surface area contributed by atoms with Crippen molar-refractivity contribution in [3.63, 3.8) is 0 Å². The summed E-state index contributed by atoms with van der Waals surface area (Å²) in [6.07, 6.45) is 2.12. The molecule has 1 aromatic heterocycles. The Morgan fingerprint density at radius 2 is 2.10 bits per heavy atom. The SMILES string of the molecule is CCCCN(CC)C(=O)c1sc2c(C)cccc2c1N. The van der Waals surface area contributed by atoms with Gasteiger partial charge >= 0.3 is 0 Å². The molecule has 0 unspecified atom stereocenters. The predicted octanol–water partition coefficient (Wildman–Crippen LogP) is 4.05. The zero-order valence-corrected chi connectivity index (χ0v) is 13.2. The summed E-state index contributed by atoms with van der Waals surface area (Å²) in [5.74, 6) is 0.0686. The molecule has 108 valence electrons. The normalized spacial score (nSPS) is 10.9. The minimum absolute atomic E-state index is 0.0686. The maximum atomic E-state index is 12.6. The second-order valence-electron chi connectivity index (χ2n) is 5.03. The van der Waals surface area contributed by atoms with Gasteiger partial charge in [0.1, 0.15) is 4.88 Å². The number of fused-ring (bicyclic) bond motifs is 1. The van der Waals surface area contributed by atoms with Crippen molar-refractivity contribution in [2.45, 2.75) is 33.6 Å². The summed E-state index contributed by atoms with van der Waals surface area (Å²) >= 11 is 1.52. The zero-order chi connectivity index (χ0) is 14.7. The van der Waals surface area contributed by atoms with E-state index in [0.29, 0.717) is 10.6 Å². The van der Waals surface area contributed by atoms with E-state index >= 15 is 0 Å². The molecule has 0 aliphatic carbocycles. The molecule has 0 bridgehead atoms. The topological polar surface area (TPSA) is 46.3 Å². The Morgan fingerprint density at radius 3 is 2.70 bits per heavy atom. The van der Waals surface area contributed by atoms with Gasteiger partial charge in [0.15, 0.2) is 0 Å². The molecule has 2 N–H and O–H groups in total. The number of carbonyl (C=O) groups is 1. The van der Waals surface area contributed by atoms with Crippen molar-refractivity contribution < 1.29 is 4.79 Å². The highest BCUT2D eigenvalue weighted by molar-refractivity contribution is 7.21. The van der Waals surface area contributed by atoms with Gasteiger partial charge in [-0.2, -0.15) is 0 Å². The Labute approximate surface area is 124 Å². The van der Waals surface area contributed by atoms with E-state index in [4.69, 9.17) is 5.73 Å². The van der Waals surface area contributed by atoms with Gasteiger partial charge in [-0.25, -0.2) is 0 Å². The van der Waals surface area contributed by atoms with Gasteiger partial charge in [0, 0.05) is 23.2 Å². The van der Waals surface area contributed by atoms with Gasteiger partial charge in [0.2, 0.25) is 0 Å². The van der Waals surface area contributed by atoms with Gasteiger partial charge in [0.25, 0.3) is 5.91 Å².